The van der Waals surface area contributed by atoms with E-state index in [1.54, 1.807) is 32.0 Å². The molecule has 0 aliphatic carbocycles. The van der Waals surface area contributed by atoms with Crippen LogP contribution in [-0.4, -0.2) is 10.9 Å². The number of hydrogen-bond acceptors (Lipinski definition) is 2. The van der Waals surface area contributed by atoms with E-state index >= 15 is 0 Å². The van der Waals surface area contributed by atoms with Gasteiger partial charge in [0, 0.05) is 0 Å². The molecule has 0 aliphatic heterocycles. The second kappa shape index (κ2) is 5.48. The van der Waals surface area contributed by atoms with E-state index in [4.69, 9.17) is 0 Å². The van der Waals surface area contributed by atoms with Crippen molar-refractivity contribution in [2.45, 2.75) is 13.8 Å². The molecule has 1 heterocycles. The molecule has 1 N–H and O–H groups in total. The van der Waals surface area contributed by atoms with E-state index < -0.39 is 11.7 Å². The number of pyridine rings is 1. The maximum atomic E-state index is 13.7. The maximum Gasteiger partial charge on any atom is 0.258 e. The molecule has 0 fully saturated rings. The van der Waals surface area contributed by atoms with E-state index in [2.05, 4.69) is 26.2 Å². The minimum atomic E-state index is -0.528. The average molecular weight is 323 g/mol. The molecule has 2 aromatic rings. The van der Waals surface area contributed by atoms with Crippen LogP contribution in [0.15, 0.2) is 34.9 Å². The second-order valence-electron chi connectivity index (χ2n) is 4.20. The zero-order valence-corrected chi connectivity index (χ0v) is 12.1. The molecule has 5 heteroatoms. The molecule has 2 rings (SSSR count). The van der Waals surface area contributed by atoms with Crippen LogP contribution in [0.5, 0.6) is 0 Å². The van der Waals surface area contributed by atoms with Crippen LogP contribution in [0.4, 0.5) is 10.1 Å². The standard InChI is InChI=1S/C14H12BrFN2O/c1-8-3-4-10(11(16)7-8)14(19)18-12-5-6-13(15)17-9(12)2/h3-7H,1-2H3,(H,18,19). The monoisotopic (exact) mass is 322 g/mol. The van der Waals surface area contributed by atoms with Gasteiger partial charge in [0.2, 0.25) is 0 Å². The van der Waals surface area contributed by atoms with Gasteiger partial charge >= 0.3 is 0 Å². The van der Waals surface area contributed by atoms with Crippen molar-refractivity contribution in [3.63, 3.8) is 0 Å². The lowest BCUT2D eigenvalue weighted by Crippen LogP contribution is -2.15. The summed E-state index contributed by atoms with van der Waals surface area (Å²) in [4.78, 5) is 16.2. The third-order valence-corrected chi connectivity index (χ3v) is 3.11. The molecule has 3 nitrogen and oxygen atoms in total. The minimum absolute atomic E-state index is 0.0212. The molecule has 0 saturated heterocycles. The van der Waals surface area contributed by atoms with Gasteiger partial charge in [0.15, 0.2) is 0 Å². The van der Waals surface area contributed by atoms with E-state index in [1.165, 1.54) is 12.1 Å². The summed E-state index contributed by atoms with van der Waals surface area (Å²) in [6, 6.07) is 7.94. The Balaban J connectivity index is 2.25. The lowest BCUT2D eigenvalue weighted by atomic mass is 10.1. The van der Waals surface area contributed by atoms with Gasteiger partial charge in [-0.05, 0) is 59.6 Å². The summed E-state index contributed by atoms with van der Waals surface area (Å²) in [5.41, 5.74) is 2.02. The summed E-state index contributed by atoms with van der Waals surface area (Å²) in [5, 5.41) is 2.65. The first-order chi connectivity index (χ1) is 8.97. The second-order valence-corrected chi connectivity index (χ2v) is 5.02. The van der Waals surface area contributed by atoms with E-state index in [9.17, 15) is 9.18 Å². The number of rotatable bonds is 2. The third kappa shape index (κ3) is 3.17. The lowest BCUT2D eigenvalue weighted by molar-refractivity contribution is 0.102. The molecule has 1 aromatic heterocycles. The van der Waals surface area contributed by atoms with Crippen LogP contribution >= 0.6 is 15.9 Å². The molecule has 1 aromatic carbocycles. The van der Waals surface area contributed by atoms with Crippen LogP contribution in [0.1, 0.15) is 21.6 Å². The summed E-state index contributed by atoms with van der Waals surface area (Å²) in [6.45, 7) is 3.54. The van der Waals surface area contributed by atoms with Crippen molar-refractivity contribution in [2.24, 2.45) is 0 Å². The number of hydrogen-bond donors (Lipinski definition) is 1. The Labute approximate surface area is 119 Å². The third-order valence-electron chi connectivity index (χ3n) is 2.67. The Kier molecular flexibility index (Phi) is 3.95. The predicted molar refractivity (Wildman–Crippen MR) is 75.8 cm³/mol. The van der Waals surface area contributed by atoms with Crippen molar-refractivity contribution in [1.82, 2.24) is 4.98 Å². The number of aryl methyl sites for hydroxylation is 2. The average Bonchev–Trinajstić information content (AvgIpc) is 2.32. The highest BCUT2D eigenvalue weighted by molar-refractivity contribution is 9.10. The molecular weight excluding hydrogens is 311 g/mol. The fraction of sp³-hybridized carbons (Fsp3) is 0.143. The number of amides is 1. The summed E-state index contributed by atoms with van der Waals surface area (Å²) in [7, 11) is 0. The first-order valence-corrected chi connectivity index (χ1v) is 6.47. The zero-order chi connectivity index (χ0) is 14.0. The van der Waals surface area contributed by atoms with Gasteiger partial charge in [-0.2, -0.15) is 0 Å². The van der Waals surface area contributed by atoms with Crippen LogP contribution < -0.4 is 5.32 Å². The Morgan fingerprint density at radius 2 is 2.00 bits per heavy atom. The zero-order valence-electron chi connectivity index (χ0n) is 10.5. The van der Waals surface area contributed by atoms with E-state index in [-0.39, 0.29) is 5.56 Å². The molecule has 98 valence electrons. The van der Waals surface area contributed by atoms with Crippen LogP contribution in [0.3, 0.4) is 0 Å². The highest BCUT2D eigenvalue weighted by Crippen LogP contribution is 2.18. The smallest absolute Gasteiger partial charge is 0.258 e. The van der Waals surface area contributed by atoms with Crippen molar-refractivity contribution in [3.8, 4) is 0 Å². The molecule has 1 amide bonds. The molecule has 0 unspecified atom stereocenters. The SMILES string of the molecule is Cc1ccc(C(=O)Nc2ccc(Br)nc2C)c(F)c1. The molecular formula is C14H12BrFN2O. The van der Waals surface area contributed by atoms with Crippen molar-refractivity contribution in [3.05, 3.63) is 57.6 Å². The molecule has 0 spiro atoms. The Morgan fingerprint density at radius 3 is 2.63 bits per heavy atom. The fourth-order valence-corrected chi connectivity index (χ4v) is 2.05. The van der Waals surface area contributed by atoms with Crippen LogP contribution in [0.25, 0.3) is 0 Å². The fourth-order valence-electron chi connectivity index (χ4n) is 1.66. The van der Waals surface area contributed by atoms with Crippen molar-refractivity contribution in [1.29, 1.82) is 0 Å². The van der Waals surface area contributed by atoms with Gasteiger partial charge in [-0.1, -0.05) is 6.07 Å². The quantitative estimate of drug-likeness (QED) is 0.853. The number of anilines is 1. The Bertz CT molecular complexity index is 643. The van der Waals surface area contributed by atoms with E-state index in [0.717, 1.165) is 5.56 Å². The van der Waals surface area contributed by atoms with E-state index in [1.807, 2.05) is 0 Å². The summed E-state index contributed by atoms with van der Waals surface area (Å²) in [5.74, 6) is -1.01. The van der Waals surface area contributed by atoms with E-state index in [0.29, 0.717) is 16.0 Å². The Morgan fingerprint density at radius 1 is 1.26 bits per heavy atom. The number of halogens is 2. The van der Waals surface area contributed by atoms with Crippen molar-refractivity contribution in [2.75, 3.05) is 5.32 Å². The normalized spacial score (nSPS) is 10.3. The number of carbonyl (C=O) groups is 1. The molecule has 0 radical (unpaired) electrons. The van der Waals surface area contributed by atoms with Crippen molar-refractivity contribution >= 4 is 27.5 Å². The summed E-state index contributed by atoms with van der Waals surface area (Å²) in [6.07, 6.45) is 0. The Hall–Kier alpha value is -1.75. The first-order valence-electron chi connectivity index (χ1n) is 5.68. The number of nitrogens with zero attached hydrogens (tertiary/aromatic N) is 1. The molecule has 0 bridgehead atoms. The molecule has 0 aliphatic rings. The van der Waals surface area contributed by atoms with Crippen molar-refractivity contribution < 1.29 is 9.18 Å². The molecule has 0 atom stereocenters. The van der Waals surface area contributed by atoms with Gasteiger partial charge in [-0.25, -0.2) is 9.37 Å². The van der Waals surface area contributed by atoms with Gasteiger partial charge in [0.1, 0.15) is 10.4 Å². The summed E-state index contributed by atoms with van der Waals surface area (Å²) < 4.78 is 14.4. The van der Waals surface area contributed by atoms with Crippen LogP contribution in [0, 0.1) is 19.7 Å². The van der Waals surface area contributed by atoms with Gasteiger partial charge < -0.3 is 5.32 Å². The number of carbonyl (C=O) groups excluding carboxylic acids is 1. The predicted octanol–water partition coefficient (Wildman–Crippen LogP) is 3.85. The molecule has 0 saturated carbocycles. The van der Waals surface area contributed by atoms with Crippen LogP contribution in [0.2, 0.25) is 0 Å². The molecule has 19 heavy (non-hydrogen) atoms. The first kappa shape index (κ1) is 13.7. The highest BCUT2D eigenvalue weighted by Gasteiger charge is 2.13. The minimum Gasteiger partial charge on any atom is -0.320 e. The highest BCUT2D eigenvalue weighted by atomic mass is 79.9. The largest absolute Gasteiger partial charge is 0.320 e. The number of nitrogens with one attached hydrogen (secondary N) is 1. The number of benzene rings is 1. The van der Waals surface area contributed by atoms with Crippen LogP contribution in [-0.2, 0) is 0 Å². The summed E-state index contributed by atoms with van der Waals surface area (Å²) >= 11 is 3.24. The van der Waals surface area contributed by atoms with Gasteiger partial charge in [0.25, 0.3) is 5.91 Å². The number of aromatic nitrogens is 1. The van der Waals surface area contributed by atoms with Gasteiger partial charge in [-0.15, -0.1) is 0 Å². The topological polar surface area (TPSA) is 42.0 Å². The maximum absolute atomic E-state index is 13.7. The van der Waals surface area contributed by atoms with Gasteiger partial charge in [-0.3, -0.25) is 4.79 Å². The lowest BCUT2D eigenvalue weighted by Gasteiger charge is -2.09. The van der Waals surface area contributed by atoms with Gasteiger partial charge in [0.05, 0.1) is 16.9 Å².